The van der Waals surface area contributed by atoms with Gasteiger partial charge in [0, 0.05) is 53.4 Å². The summed E-state index contributed by atoms with van der Waals surface area (Å²) in [5.74, 6) is 0.707. The van der Waals surface area contributed by atoms with Crippen LogP contribution in [0.5, 0.6) is 0 Å². The zero-order valence-electron chi connectivity index (χ0n) is 18.0. The molecule has 0 unspecified atom stereocenters. The average molecular weight is 425 g/mol. The topological polar surface area (TPSA) is 88.4 Å². The third kappa shape index (κ3) is 4.47. The van der Waals surface area contributed by atoms with E-state index < -0.39 is 11.2 Å². The van der Waals surface area contributed by atoms with Crippen molar-refractivity contribution in [3.63, 3.8) is 0 Å². The SMILES string of the molecule is COCCn1c(N2CCN(C/C=C\c3ccccc3)CC2)nc2c1c(=O)[nH]c(=O)n2C. The number of anilines is 1. The maximum Gasteiger partial charge on any atom is 0.329 e. The van der Waals surface area contributed by atoms with Crippen molar-refractivity contribution in [2.45, 2.75) is 6.54 Å². The molecule has 2 aromatic heterocycles. The molecule has 0 amide bonds. The fourth-order valence-corrected chi connectivity index (χ4v) is 3.89. The van der Waals surface area contributed by atoms with E-state index in [0.29, 0.717) is 30.3 Å². The summed E-state index contributed by atoms with van der Waals surface area (Å²) in [6.07, 6.45) is 4.33. The second-order valence-corrected chi connectivity index (χ2v) is 7.65. The fraction of sp³-hybridized carbons (Fsp3) is 0.409. The highest BCUT2D eigenvalue weighted by Crippen LogP contribution is 2.21. The molecule has 3 aromatic rings. The molecule has 1 fully saturated rings. The van der Waals surface area contributed by atoms with Crippen molar-refractivity contribution < 1.29 is 4.74 Å². The number of imidazole rings is 1. The highest BCUT2D eigenvalue weighted by atomic mass is 16.5. The summed E-state index contributed by atoms with van der Waals surface area (Å²) >= 11 is 0. The van der Waals surface area contributed by atoms with E-state index in [-0.39, 0.29) is 0 Å². The zero-order valence-corrected chi connectivity index (χ0v) is 18.0. The molecule has 1 N–H and O–H groups in total. The Bertz CT molecular complexity index is 1170. The summed E-state index contributed by atoms with van der Waals surface area (Å²) < 4.78 is 8.48. The number of piperazine rings is 1. The first kappa shape index (κ1) is 21.1. The lowest BCUT2D eigenvalue weighted by Crippen LogP contribution is -2.47. The number of methoxy groups -OCH3 is 1. The van der Waals surface area contributed by atoms with Gasteiger partial charge in [0.1, 0.15) is 0 Å². The Morgan fingerprint density at radius 3 is 2.58 bits per heavy atom. The number of H-pyrrole nitrogens is 1. The normalized spacial score (nSPS) is 15.4. The van der Waals surface area contributed by atoms with Crippen molar-refractivity contribution in [3.8, 4) is 0 Å². The van der Waals surface area contributed by atoms with E-state index in [2.05, 4.69) is 44.1 Å². The van der Waals surface area contributed by atoms with Crippen molar-refractivity contribution in [3.05, 3.63) is 62.8 Å². The van der Waals surface area contributed by atoms with E-state index in [1.54, 1.807) is 14.2 Å². The molecule has 1 aromatic carbocycles. The number of aryl methyl sites for hydroxylation is 1. The summed E-state index contributed by atoms with van der Waals surface area (Å²) in [5.41, 5.74) is 1.12. The number of ether oxygens (including phenoxy) is 1. The number of aromatic nitrogens is 4. The largest absolute Gasteiger partial charge is 0.383 e. The van der Waals surface area contributed by atoms with Gasteiger partial charge >= 0.3 is 5.69 Å². The van der Waals surface area contributed by atoms with Crippen LogP contribution < -0.4 is 16.1 Å². The maximum absolute atomic E-state index is 12.5. The van der Waals surface area contributed by atoms with Crippen LogP contribution in [0.15, 0.2) is 46.0 Å². The molecule has 9 heteroatoms. The van der Waals surface area contributed by atoms with Gasteiger partial charge in [-0.25, -0.2) is 4.79 Å². The first-order valence-corrected chi connectivity index (χ1v) is 10.5. The number of hydrogen-bond acceptors (Lipinski definition) is 6. The summed E-state index contributed by atoms with van der Waals surface area (Å²) in [6.45, 7) is 5.19. The van der Waals surface area contributed by atoms with E-state index in [1.807, 2.05) is 22.8 Å². The van der Waals surface area contributed by atoms with Gasteiger partial charge in [0.05, 0.1) is 6.61 Å². The molecule has 1 aliphatic heterocycles. The lowest BCUT2D eigenvalue weighted by atomic mass is 10.2. The summed E-state index contributed by atoms with van der Waals surface area (Å²) in [5, 5.41) is 0. The number of fused-ring (bicyclic) bond motifs is 1. The number of aromatic amines is 1. The smallest absolute Gasteiger partial charge is 0.329 e. The minimum absolute atomic E-state index is 0.396. The molecule has 1 aliphatic rings. The van der Waals surface area contributed by atoms with E-state index in [1.165, 1.54) is 10.1 Å². The molecule has 31 heavy (non-hydrogen) atoms. The average Bonchev–Trinajstić information content (AvgIpc) is 3.17. The number of hydrogen-bond donors (Lipinski definition) is 1. The second kappa shape index (κ2) is 9.32. The Morgan fingerprint density at radius 2 is 1.87 bits per heavy atom. The van der Waals surface area contributed by atoms with Gasteiger partial charge in [-0.05, 0) is 5.56 Å². The monoisotopic (exact) mass is 424 g/mol. The standard InChI is InChI=1S/C22H28N6O3/c1-25-19-18(20(29)24-22(25)30)28(15-16-31-2)21(23-19)27-13-11-26(12-14-27)10-6-9-17-7-4-3-5-8-17/h3-9H,10-16H2,1-2H3,(H,24,29,30)/b9-6-. The molecular weight excluding hydrogens is 396 g/mol. The van der Waals surface area contributed by atoms with Gasteiger partial charge in [-0.2, -0.15) is 4.98 Å². The van der Waals surface area contributed by atoms with Crippen LogP contribution in [-0.2, 0) is 18.3 Å². The molecule has 0 aliphatic carbocycles. The third-order valence-electron chi connectivity index (χ3n) is 5.63. The van der Waals surface area contributed by atoms with Crippen molar-refractivity contribution in [1.29, 1.82) is 0 Å². The lowest BCUT2D eigenvalue weighted by molar-refractivity contribution is 0.188. The van der Waals surface area contributed by atoms with Crippen LogP contribution in [-0.4, -0.2) is 70.4 Å². The minimum atomic E-state index is -0.463. The van der Waals surface area contributed by atoms with Gasteiger partial charge in [-0.1, -0.05) is 42.5 Å². The first-order valence-electron chi connectivity index (χ1n) is 10.5. The van der Waals surface area contributed by atoms with Crippen LogP contribution in [0, 0.1) is 0 Å². The van der Waals surface area contributed by atoms with Crippen LogP contribution in [0.25, 0.3) is 17.2 Å². The second-order valence-electron chi connectivity index (χ2n) is 7.65. The van der Waals surface area contributed by atoms with E-state index in [9.17, 15) is 9.59 Å². The third-order valence-corrected chi connectivity index (χ3v) is 5.63. The molecule has 3 heterocycles. The molecule has 4 rings (SSSR count). The Morgan fingerprint density at radius 1 is 1.13 bits per heavy atom. The van der Waals surface area contributed by atoms with Gasteiger partial charge in [-0.15, -0.1) is 0 Å². The molecule has 1 saturated heterocycles. The molecule has 0 saturated carbocycles. The lowest BCUT2D eigenvalue weighted by Gasteiger charge is -2.35. The van der Waals surface area contributed by atoms with Gasteiger partial charge in [0.2, 0.25) is 5.95 Å². The van der Waals surface area contributed by atoms with Gasteiger partial charge < -0.3 is 14.2 Å². The maximum atomic E-state index is 12.5. The zero-order chi connectivity index (χ0) is 21.8. The van der Waals surface area contributed by atoms with E-state index >= 15 is 0 Å². The van der Waals surface area contributed by atoms with Crippen LogP contribution in [0.4, 0.5) is 5.95 Å². The molecule has 9 nitrogen and oxygen atoms in total. The Hall–Kier alpha value is -3.17. The number of nitrogens with zero attached hydrogens (tertiary/aromatic N) is 5. The van der Waals surface area contributed by atoms with Crippen molar-refractivity contribution in [2.75, 3.05) is 51.3 Å². The minimum Gasteiger partial charge on any atom is -0.383 e. The van der Waals surface area contributed by atoms with E-state index in [0.717, 1.165) is 32.7 Å². The highest BCUT2D eigenvalue weighted by Gasteiger charge is 2.24. The highest BCUT2D eigenvalue weighted by molar-refractivity contribution is 5.74. The number of nitrogens with one attached hydrogen (secondary N) is 1. The molecule has 0 radical (unpaired) electrons. The Labute approximate surface area is 180 Å². The van der Waals surface area contributed by atoms with E-state index in [4.69, 9.17) is 4.74 Å². The fourth-order valence-electron chi connectivity index (χ4n) is 3.89. The Kier molecular flexibility index (Phi) is 6.34. The predicted octanol–water partition coefficient (Wildman–Crippen LogP) is 0.905. The molecule has 164 valence electrons. The Balaban J connectivity index is 1.51. The summed E-state index contributed by atoms with van der Waals surface area (Å²) in [4.78, 5) is 36.2. The first-order chi connectivity index (χ1) is 15.1. The molecular formula is C22H28N6O3. The number of benzene rings is 1. The number of rotatable bonds is 7. The van der Waals surface area contributed by atoms with Crippen molar-refractivity contribution >= 4 is 23.2 Å². The van der Waals surface area contributed by atoms with Crippen LogP contribution in [0.3, 0.4) is 0 Å². The van der Waals surface area contributed by atoms with Gasteiger partial charge in [0.15, 0.2) is 11.2 Å². The summed E-state index contributed by atoms with van der Waals surface area (Å²) in [7, 11) is 3.25. The molecule has 0 spiro atoms. The van der Waals surface area contributed by atoms with Crippen molar-refractivity contribution in [2.24, 2.45) is 7.05 Å². The van der Waals surface area contributed by atoms with Crippen LogP contribution in [0.1, 0.15) is 5.56 Å². The quantitative estimate of drug-likeness (QED) is 0.607. The molecule has 0 atom stereocenters. The molecule has 0 bridgehead atoms. The van der Waals surface area contributed by atoms with Crippen LogP contribution in [0.2, 0.25) is 0 Å². The van der Waals surface area contributed by atoms with Gasteiger partial charge in [-0.3, -0.25) is 19.2 Å². The summed E-state index contributed by atoms with van der Waals surface area (Å²) in [6, 6.07) is 10.3. The predicted molar refractivity (Wildman–Crippen MR) is 122 cm³/mol. The van der Waals surface area contributed by atoms with Gasteiger partial charge in [0.25, 0.3) is 5.56 Å². The van der Waals surface area contributed by atoms with Crippen LogP contribution >= 0.6 is 0 Å². The van der Waals surface area contributed by atoms with Crippen molar-refractivity contribution in [1.82, 2.24) is 24.0 Å².